The normalized spacial score (nSPS) is 47.5. The molecule has 0 N–H and O–H groups in total. The zero-order valence-corrected chi connectivity index (χ0v) is 17.5. The third kappa shape index (κ3) is 2.81. The van der Waals surface area contributed by atoms with Gasteiger partial charge in [-0.15, -0.1) is 0 Å². The smallest absolute Gasteiger partial charge is 0.330 e. The van der Waals surface area contributed by atoms with Gasteiger partial charge in [-0.3, -0.25) is 9.59 Å². The average molecular weight is 387 g/mol. The van der Waals surface area contributed by atoms with E-state index in [0.29, 0.717) is 36.4 Å². The molecule has 0 aromatic heterocycles. The zero-order chi connectivity index (χ0) is 20.3. The zero-order valence-electron chi connectivity index (χ0n) is 17.5. The van der Waals surface area contributed by atoms with Gasteiger partial charge >= 0.3 is 5.97 Å². The van der Waals surface area contributed by atoms with Crippen molar-refractivity contribution >= 4 is 17.5 Å². The second-order valence-electron chi connectivity index (χ2n) is 10.4. The standard InChI is InChI=1S/C24H34O4/c1-5-21(27)28-20-13-24(4)18(14(2)25)8-9-19(24)17-7-6-15-12-16(26)10-11-23(15,3)22(17)20/h5,15,17-20,22H,1,6-13H2,2-4H3/t15-,17-,18+,19-,20-,22+,23-,24+/m0/s1. The molecule has 4 aliphatic carbocycles. The number of fused-ring (bicyclic) bond motifs is 5. The van der Waals surface area contributed by atoms with E-state index in [1.54, 1.807) is 6.92 Å². The van der Waals surface area contributed by atoms with Crippen LogP contribution in [0.25, 0.3) is 0 Å². The molecule has 8 atom stereocenters. The molecule has 0 saturated heterocycles. The van der Waals surface area contributed by atoms with E-state index >= 15 is 0 Å². The molecular formula is C24H34O4. The second kappa shape index (κ2) is 6.81. The predicted molar refractivity (Wildman–Crippen MR) is 106 cm³/mol. The molecule has 4 rings (SSSR count). The fraction of sp³-hybridized carbons (Fsp3) is 0.792. The minimum Gasteiger partial charge on any atom is -0.459 e. The van der Waals surface area contributed by atoms with Gasteiger partial charge in [-0.25, -0.2) is 4.79 Å². The molecule has 0 heterocycles. The van der Waals surface area contributed by atoms with Gasteiger partial charge in [0, 0.05) is 30.8 Å². The maximum Gasteiger partial charge on any atom is 0.330 e. The largest absolute Gasteiger partial charge is 0.459 e. The Balaban J connectivity index is 1.74. The molecule has 0 unspecified atom stereocenters. The van der Waals surface area contributed by atoms with E-state index in [1.807, 2.05) is 0 Å². The highest BCUT2D eigenvalue weighted by Gasteiger charge is 2.64. The molecule has 0 bridgehead atoms. The number of rotatable bonds is 3. The van der Waals surface area contributed by atoms with Crippen molar-refractivity contribution in [2.45, 2.75) is 78.2 Å². The summed E-state index contributed by atoms with van der Waals surface area (Å²) >= 11 is 0. The fourth-order valence-electron chi connectivity index (χ4n) is 8.11. The highest BCUT2D eigenvalue weighted by molar-refractivity contribution is 5.82. The summed E-state index contributed by atoms with van der Waals surface area (Å²) in [4.78, 5) is 36.8. The number of hydrogen-bond donors (Lipinski definition) is 0. The molecule has 154 valence electrons. The lowest BCUT2D eigenvalue weighted by molar-refractivity contribution is -0.191. The Labute approximate surface area is 168 Å². The van der Waals surface area contributed by atoms with E-state index < -0.39 is 0 Å². The van der Waals surface area contributed by atoms with Crippen molar-refractivity contribution in [1.82, 2.24) is 0 Å². The number of carbonyl (C=O) groups excluding carboxylic acids is 3. The third-order valence-electron chi connectivity index (χ3n) is 9.31. The van der Waals surface area contributed by atoms with Gasteiger partial charge in [-0.1, -0.05) is 20.4 Å². The van der Waals surface area contributed by atoms with Gasteiger partial charge in [0.15, 0.2) is 0 Å². The van der Waals surface area contributed by atoms with Crippen LogP contribution >= 0.6 is 0 Å². The molecule has 0 aliphatic heterocycles. The monoisotopic (exact) mass is 386 g/mol. The van der Waals surface area contributed by atoms with Crippen molar-refractivity contribution in [3.8, 4) is 0 Å². The Hall–Kier alpha value is -1.45. The number of ketones is 2. The molecule has 0 aromatic carbocycles. The highest BCUT2D eigenvalue weighted by atomic mass is 16.5. The molecule has 4 heteroatoms. The minimum absolute atomic E-state index is 0.0403. The van der Waals surface area contributed by atoms with Crippen molar-refractivity contribution in [2.75, 3.05) is 0 Å². The van der Waals surface area contributed by atoms with Gasteiger partial charge in [-0.05, 0) is 74.0 Å². The van der Waals surface area contributed by atoms with Crippen LogP contribution in [0, 0.1) is 40.4 Å². The Morgan fingerprint density at radius 3 is 2.57 bits per heavy atom. The SMILES string of the molecule is C=CC(=O)O[C@H]1C[C@]2(C)[C@@H](C(C)=O)CC[C@H]2[C@@H]2CC[C@H]3CC(=O)CC[C@]3(C)[C@H]21. The molecule has 4 fully saturated rings. The third-order valence-corrected chi connectivity index (χ3v) is 9.31. The van der Waals surface area contributed by atoms with Crippen molar-refractivity contribution < 1.29 is 19.1 Å². The van der Waals surface area contributed by atoms with E-state index in [-0.39, 0.29) is 40.5 Å². The quantitative estimate of drug-likeness (QED) is 0.529. The summed E-state index contributed by atoms with van der Waals surface area (Å²) in [5.41, 5.74) is -0.0502. The summed E-state index contributed by atoms with van der Waals surface area (Å²) < 4.78 is 6.00. The van der Waals surface area contributed by atoms with Crippen LogP contribution in [0.15, 0.2) is 12.7 Å². The van der Waals surface area contributed by atoms with Crippen molar-refractivity contribution in [3.05, 3.63) is 12.7 Å². The Kier molecular flexibility index (Phi) is 4.83. The van der Waals surface area contributed by atoms with E-state index in [4.69, 9.17) is 4.74 Å². The maximum atomic E-state index is 12.4. The molecule has 0 amide bonds. The molecule has 4 saturated carbocycles. The summed E-state index contributed by atoms with van der Waals surface area (Å²) in [6, 6.07) is 0. The number of carbonyl (C=O) groups is 3. The van der Waals surface area contributed by atoms with Gasteiger partial charge in [0.1, 0.15) is 17.7 Å². The number of ether oxygens (including phenoxy) is 1. The summed E-state index contributed by atoms with van der Waals surface area (Å²) in [5.74, 6) is 2.05. The van der Waals surface area contributed by atoms with E-state index in [9.17, 15) is 14.4 Å². The topological polar surface area (TPSA) is 60.4 Å². The van der Waals surface area contributed by atoms with Crippen LogP contribution < -0.4 is 0 Å². The molecule has 4 nitrogen and oxygen atoms in total. The summed E-state index contributed by atoms with van der Waals surface area (Å²) in [5, 5.41) is 0. The van der Waals surface area contributed by atoms with Gasteiger partial charge < -0.3 is 4.74 Å². The van der Waals surface area contributed by atoms with Crippen LogP contribution in [-0.2, 0) is 19.1 Å². The lowest BCUT2D eigenvalue weighted by Gasteiger charge is -2.62. The van der Waals surface area contributed by atoms with Gasteiger partial charge in [0.05, 0.1) is 0 Å². The summed E-state index contributed by atoms with van der Waals surface area (Å²) in [7, 11) is 0. The number of Topliss-reactive ketones (excluding diaryl/α,β-unsaturated/α-hetero) is 2. The first kappa shape index (κ1) is 19.8. The average Bonchev–Trinajstić information content (AvgIpc) is 2.98. The van der Waals surface area contributed by atoms with Crippen LogP contribution in [0.2, 0.25) is 0 Å². The van der Waals surface area contributed by atoms with Crippen molar-refractivity contribution in [2.24, 2.45) is 40.4 Å². The van der Waals surface area contributed by atoms with Crippen LogP contribution in [0.5, 0.6) is 0 Å². The molecule has 0 aromatic rings. The van der Waals surface area contributed by atoms with E-state index in [1.165, 1.54) is 6.08 Å². The molecule has 0 spiro atoms. The predicted octanol–water partition coefficient (Wildman–Crippen LogP) is 4.51. The molecule has 0 radical (unpaired) electrons. The van der Waals surface area contributed by atoms with Crippen LogP contribution in [0.4, 0.5) is 0 Å². The van der Waals surface area contributed by atoms with Crippen molar-refractivity contribution in [3.63, 3.8) is 0 Å². The first-order valence-electron chi connectivity index (χ1n) is 11.1. The Morgan fingerprint density at radius 2 is 1.89 bits per heavy atom. The fourth-order valence-corrected chi connectivity index (χ4v) is 8.11. The lowest BCUT2D eigenvalue weighted by Crippen LogP contribution is -2.60. The second-order valence-corrected chi connectivity index (χ2v) is 10.4. The van der Waals surface area contributed by atoms with E-state index in [0.717, 1.165) is 38.5 Å². The first-order valence-corrected chi connectivity index (χ1v) is 11.1. The highest BCUT2D eigenvalue weighted by Crippen LogP contribution is 2.67. The van der Waals surface area contributed by atoms with Gasteiger partial charge in [0.2, 0.25) is 0 Å². The van der Waals surface area contributed by atoms with Crippen LogP contribution in [0.3, 0.4) is 0 Å². The summed E-state index contributed by atoms with van der Waals surface area (Å²) in [6.07, 6.45) is 8.30. The lowest BCUT2D eigenvalue weighted by atomic mass is 9.44. The maximum absolute atomic E-state index is 12.4. The van der Waals surface area contributed by atoms with Crippen molar-refractivity contribution in [1.29, 1.82) is 0 Å². The summed E-state index contributed by atoms with van der Waals surface area (Å²) in [6.45, 7) is 9.92. The van der Waals surface area contributed by atoms with Crippen LogP contribution in [-0.4, -0.2) is 23.6 Å². The number of esters is 1. The Bertz CT molecular complexity index is 711. The number of hydrogen-bond acceptors (Lipinski definition) is 4. The van der Waals surface area contributed by atoms with E-state index in [2.05, 4.69) is 20.4 Å². The van der Waals surface area contributed by atoms with Gasteiger partial charge in [0.25, 0.3) is 0 Å². The molecule has 28 heavy (non-hydrogen) atoms. The van der Waals surface area contributed by atoms with Crippen LogP contribution in [0.1, 0.15) is 72.1 Å². The first-order chi connectivity index (χ1) is 13.2. The van der Waals surface area contributed by atoms with Gasteiger partial charge in [-0.2, -0.15) is 0 Å². The molecular weight excluding hydrogens is 352 g/mol. The Morgan fingerprint density at radius 1 is 1.14 bits per heavy atom. The molecule has 4 aliphatic rings. The minimum atomic E-state index is -0.360.